The van der Waals surface area contributed by atoms with Gasteiger partial charge in [-0.3, -0.25) is 9.69 Å². The van der Waals surface area contributed by atoms with Crippen LogP contribution >= 0.6 is 0 Å². The molecule has 3 heteroatoms. The molecule has 0 bridgehead atoms. The van der Waals surface area contributed by atoms with Crippen molar-refractivity contribution in [3.05, 3.63) is 28.3 Å². The number of amides is 1. The number of carbonyl (C=O) groups excluding carboxylic acids is 1. The first-order valence-electron chi connectivity index (χ1n) is 10.8. The van der Waals surface area contributed by atoms with E-state index in [-0.39, 0.29) is 5.91 Å². The van der Waals surface area contributed by atoms with Crippen LogP contribution in [0, 0.1) is 19.8 Å². The van der Waals surface area contributed by atoms with Gasteiger partial charge in [0.15, 0.2) is 0 Å². The molecule has 2 unspecified atom stereocenters. The zero-order valence-electron chi connectivity index (χ0n) is 18.8. The van der Waals surface area contributed by atoms with Crippen LogP contribution in [0.2, 0.25) is 0 Å². The first-order valence-corrected chi connectivity index (χ1v) is 10.3. The topological polar surface area (TPSA) is 32.3 Å². The van der Waals surface area contributed by atoms with E-state index in [1.165, 1.54) is 30.4 Å². The Bertz CT molecular complexity index is 684. The van der Waals surface area contributed by atoms with Crippen LogP contribution in [0.5, 0.6) is 0 Å². The summed E-state index contributed by atoms with van der Waals surface area (Å²) in [5, 5.41) is 2.92. The Morgan fingerprint density at radius 3 is 2.54 bits per heavy atom. The smallest absolute Gasteiger partial charge is 0.228 e. The molecule has 1 aromatic rings. The van der Waals surface area contributed by atoms with Crippen LogP contribution in [-0.2, 0) is 17.6 Å². The van der Waals surface area contributed by atoms with E-state index in [0.717, 1.165) is 29.8 Å². The average molecular weight is 360 g/mol. The third kappa shape index (κ3) is 4.88. The second-order valence-corrected chi connectivity index (χ2v) is 8.56. The summed E-state index contributed by atoms with van der Waals surface area (Å²) in [4.78, 5) is 14.7. The summed E-state index contributed by atoms with van der Waals surface area (Å²) in [5.74, 6) is 0.711. The van der Waals surface area contributed by atoms with Crippen LogP contribution in [0.1, 0.15) is 77.5 Å². The van der Waals surface area contributed by atoms with Gasteiger partial charge < -0.3 is 5.32 Å². The van der Waals surface area contributed by atoms with E-state index in [4.69, 9.17) is 1.37 Å². The summed E-state index contributed by atoms with van der Waals surface area (Å²) in [6.07, 6.45) is 4.98. The summed E-state index contributed by atoms with van der Waals surface area (Å²) < 4.78 is 8.38. The lowest BCUT2D eigenvalue weighted by Gasteiger charge is -2.36. The van der Waals surface area contributed by atoms with Gasteiger partial charge in [0, 0.05) is 17.8 Å². The van der Waals surface area contributed by atoms with Crippen LogP contribution in [0.3, 0.4) is 0 Å². The molecule has 1 amide bonds. The van der Waals surface area contributed by atoms with Gasteiger partial charge in [-0.25, -0.2) is 0 Å². The van der Waals surface area contributed by atoms with Gasteiger partial charge in [-0.05, 0) is 87.7 Å². The lowest BCUT2D eigenvalue weighted by atomic mass is 9.90. The molecule has 146 valence electrons. The highest BCUT2D eigenvalue weighted by Crippen LogP contribution is 2.33. The molecule has 0 fully saturated rings. The predicted molar refractivity (Wildman–Crippen MR) is 112 cm³/mol. The molecular weight excluding hydrogens is 320 g/mol. The molecule has 3 nitrogen and oxygen atoms in total. The monoisotopic (exact) mass is 359 g/mol. The standard InChI is InChI=1S/C23H38N2O/c1-8-9-10-25(17(5)11-15(2)3)18(6)13-20-19(7)16(4)12-22-21(20)14-23(26)24-22/h12,15,17-18H,8-11,13-14H2,1-7H3,(H,24,26)/i12D. The van der Waals surface area contributed by atoms with Crippen LogP contribution in [-0.4, -0.2) is 29.4 Å². The lowest BCUT2D eigenvalue weighted by Crippen LogP contribution is -2.42. The number of carbonyl (C=O) groups is 1. The summed E-state index contributed by atoms with van der Waals surface area (Å²) in [5.41, 5.74) is 5.28. The van der Waals surface area contributed by atoms with Gasteiger partial charge in [0.2, 0.25) is 5.91 Å². The number of nitrogens with one attached hydrogen (secondary N) is 1. The van der Waals surface area contributed by atoms with Crippen molar-refractivity contribution in [3.63, 3.8) is 0 Å². The number of hydrogen-bond acceptors (Lipinski definition) is 2. The number of fused-ring (bicyclic) bond motifs is 1. The number of rotatable bonds is 9. The number of benzene rings is 1. The Kier molecular flexibility index (Phi) is 6.74. The molecule has 2 rings (SSSR count). The van der Waals surface area contributed by atoms with Gasteiger partial charge in [0.05, 0.1) is 7.79 Å². The zero-order chi connectivity index (χ0) is 20.3. The first kappa shape index (κ1) is 19.4. The summed E-state index contributed by atoms with van der Waals surface area (Å²) in [6, 6.07) is 1.46. The molecule has 0 spiro atoms. The van der Waals surface area contributed by atoms with E-state index in [1.54, 1.807) is 0 Å². The molecule has 2 atom stereocenters. The predicted octanol–water partition coefficient (Wildman–Crippen LogP) is 5.27. The molecule has 0 saturated heterocycles. The third-order valence-corrected chi connectivity index (χ3v) is 5.81. The molecule has 0 saturated carbocycles. The fraction of sp³-hybridized carbons (Fsp3) is 0.696. The highest BCUT2D eigenvalue weighted by molar-refractivity contribution is 6.00. The van der Waals surface area contributed by atoms with E-state index < -0.39 is 0 Å². The van der Waals surface area contributed by atoms with Gasteiger partial charge in [0.25, 0.3) is 0 Å². The zero-order valence-corrected chi connectivity index (χ0v) is 17.8. The highest BCUT2D eigenvalue weighted by atomic mass is 16.1. The number of anilines is 1. The highest BCUT2D eigenvalue weighted by Gasteiger charge is 2.27. The van der Waals surface area contributed by atoms with Crippen LogP contribution < -0.4 is 5.32 Å². The summed E-state index contributed by atoms with van der Waals surface area (Å²) in [7, 11) is 0. The Labute approximate surface area is 162 Å². The molecule has 0 radical (unpaired) electrons. The average Bonchev–Trinajstić information content (AvgIpc) is 2.98. The van der Waals surface area contributed by atoms with Crippen molar-refractivity contribution in [1.29, 1.82) is 0 Å². The fourth-order valence-electron chi connectivity index (χ4n) is 4.33. The minimum Gasteiger partial charge on any atom is -0.326 e. The molecule has 1 aliphatic rings. The molecule has 26 heavy (non-hydrogen) atoms. The van der Waals surface area contributed by atoms with Gasteiger partial charge in [0.1, 0.15) is 0 Å². The van der Waals surface area contributed by atoms with Gasteiger partial charge in [-0.15, -0.1) is 0 Å². The van der Waals surface area contributed by atoms with E-state index in [1.807, 2.05) is 6.92 Å². The molecular formula is C23H38N2O. The van der Waals surface area contributed by atoms with Crippen molar-refractivity contribution in [1.82, 2.24) is 4.90 Å². The van der Waals surface area contributed by atoms with Gasteiger partial charge >= 0.3 is 0 Å². The number of nitrogens with zero attached hydrogens (tertiary/aromatic N) is 1. The second-order valence-electron chi connectivity index (χ2n) is 8.56. The fourth-order valence-corrected chi connectivity index (χ4v) is 4.33. The van der Waals surface area contributed by atoms with E-state index in [9.17, 15) is 4.79 Å². The summed E-state index contributed by atoms with van der Waals surface area (Å²) in [6.45, 7) is 16.8. The van der Waals surface area contributed by atoms with Crippen molar-refractivity contribution in [2.45, 2.75) is 92.7 Å². The molecule has 1 aromatic carbocycles. The molecule has 1 heterocycles. The number of unbranched alkanes of at least 4 members (excludes halogenated alkanes) is 1. The van der Waals surface area contributed by atoms with E-state index in [0.29, 0.717) is 30.5 Å². The second kappa shape index (κ2) is 9.03. The Balaban J connectivity index is 2.32. The SMILES string of the molecule is [2H]c1c(C)c(C)c(CC(C)N(CCCC)C(C)CC(C)C)c2c1NC(=O)C2. The maximum Gasteiger partial charge on any atom is 0.228 e. The molecule has 1 aliphatic heterocycles. The Morgan fingerprint density at radius 1 is 1.23 bits per heavy atom. The Morgan fingerprint density at radius 2 is 1.92 bits per heavy atom. The summed E-state index contributed by atoms with van der Waals surface area (Å²) >= 11 is 0. The van der Waals surface area contributed by atoms with Crippen molar-refractivity contribution < 1.29 is 6.17 Å². The first-order chi connectivity index (χ1) is 12.7. The van der Waals surface area contributed by atoms with Gasteiger partial charge in [-0.1, -0.05) is 27.2 Å². The normalized spacial score (nSPS) is 16.7. The maximum absolute atomic E-state index is 12.0. The minimum absolute atomic E-state index is 0.0217. The molecule has 1 N–H and O–H groups in total. The molecule has 0 aromatic heterocycles. The van der Waals surface area contributed by atoms with Crippen molar-refractivity contribution in [2.75, 3.05) is 11.9 Å². The van der Waals surface area contributed by atoms with Crippen molar-refractivity contribution in [2.24, 2.45) is 5.92 Å². The van der Waals surface area contributed by atoms with Crippen LogP contribution in [0.15, 0.2) is 6.04 Å². The van der Waals surface area contributed by atoms with E-state index in [2.05, 4.69) is 51.8 Å². The largest absolute Gasteiger partial charge is 0.326 e. The number of hydrogen-bond donors (Lipinski definition) is 1. The van der Waals surface area contributed by atoms with Gasteiger partial charge in [-0.2, -0.15) is 0 Å². The van der Waals surface area contributed by atoms with Crippen molar-refractivity contribution in [3.8, 4) is 0 Å². The lowest BCUT2D eigenvalue weighted by molar-refractivity contribution is -0.115. The third-order valence-electron chi connectivity index (χ3n) is 5.81. The van der Waals surface area contributed by atoms with Crippen molar-refractivity contribution >= 4 is 11.6 Å². The Hall–Kier alpha value is -1.35. The van der Waals surface area contributed by atoms with Crippen LogP contribution in [0.25, 0.3) is 0 Å². The maximum atomic E-state index is 12.0. The molecule has 0 aliphatic carbocycles. The quantitative estimate of drug-likeness (QED) is 0.652. The minimum atomic E-state index is 0.0217. The van der Waals surface area contributed by atoms with Crippen LogP contribution in [0.4, 0.5) is 5.69 Å². The van der Waals surface area contributed by atoms with E-state index >= 15 is 0 Å².